The van der Waals surface area contributed by atoms with Crippen molar-refractivity contribution in [2.45, 2.75) is 110 Å². The maximum absolute atomic E-state index is 12.3. The zero-order chi connectivity index (χ0) is 33.3. The smallest absolute Gasteiger partial charge is 0.364 e. The summed E-state index contributed by atoms with van der Waals surface area (Å²) in [4.78, 5) is 24.0. The Morgan fingerprint density at radius 1 is 0.727 bits per heavy atom. The lowest BCUT2D eigenvalue weighted by Crippen LogP contribution is -2.66. The topological polar surface area (TPSA) is 364 Å². The molecule has 0 radical (unpaired) electrons. The van der Waals surface area contributed by atoms with Crippen LogP contribution in [0.15, 0.2) is 0 Å². The Morgan fingerprint density at radius 3 is 1.82 bits per heavy atom. The van der Waals surface area contributed by atoms with Crippen LogP contribution < -0.4 is 0 Å². The molecule has 0 saturated carbocycles. The van der Waals surface area contributed by atoms with Gasteiger partial charge in [-0.3, -0.25) is 0 Å². The summed E-state index contributed by atoms with van der Waals surface area (Å²) in [6, 6.07) is 0. The molecule has 0 amide bonds. The van der Waals surface area contributed by atoms with Crippen molar-refractivity contribution in [2.75, 3.05) is 19.8 Å². The molecule has 16 atom stereocenters. The summed E-state index contributed by atoms with van der Waals surface area (Å²) in [7, 11) is 0. The molecule has 0 aromatic heterocycles. The molecular formula is C23H38O21. The minimum absolute atomic E-state index is 1.01. The van der Waals surface area contributed by atoms with Crippen LogP contribution in [0.1, 0.15) is 12.8 Å². The highest BCUT2D eigenvalue weighted by Gasteiger charge is 2.58. The maximum atomic E-state index is 12.3. The molecular weight excluding hydrogens is 612 g/mol. The molecule has 0 aromatic carbocycles. The van der Waals surface area contributed by atoms with Crippen LogP contribution in [0.2, 0.25) is 0 Å². The molecule has 21 nitrogen and oxygen atoms in total. The zero-order valence-electron chi connectivity index (χ0n) is 22.7. The lowest BCUT2D eigenvalue weighted by Gasteiger charge is -2.47. The summed E-state index contributed by atoms with van der Waals surface area (Å²) in [5.41, 5.74) is 0. The first-order chi connectivity index (χ1) is 20.4. The van der Waals surface area contributed by atoms with Crippen LogP contribution in [-0.4, -0.2) is 200 Å². The van der Waals surface area contributed by atoms with Crippen LogP contribution in [0.25, 0.3) is 0 Å². The molecule has 0 bridgehead atoms. The Balaban J connectivity index is 1.99. The number of carboxylic acids is 2. The molecule has 3 rings (SSSR count). The number of hydrogen-bond donors (Lipinski definition) is 14. The van der Waals surface area contributed by atoms with Gasteiger partial charge in [0.25, 0.3) is 11.6 Å². The highest BCUT2D eigenvalue weighted by atomic mass is 16.8. The monoisotopic (exact) mass is 650 g/mol. The van der Waals surface area contributed by atoms with E-state index >= 15 is 0 Å². The van der Waals surface area contributed by atoms with Crippen molar-refractivity contribution >= 4 is 11.9 Å². The first-order valence-electron chi connectivity index (χ1n) is 13.3. The molecule has 3 saturated heterocycles. The molecule has 256 valence electrons. The number of hydrogen-bond acceptors (Lipinski definition) is 19. The van der Waals surface area contributed by atoms with Crippen molar-refractivity contribution in [1.29, 1.82) is 0 Å². The van der Waals surface area contributed by atoms with Crippen LogP contribution in [0.5, 0.6) is 0 Å². The van der Waals surface area contributed by atoms with Gasteiger partial charge in [-0.05, 0) is 0 Å². The number of aliphatic carboxylic acids is 2. The SMILES string of the molecule is O=C(O)[C@]1(OC[C@@H](O[C@H]2O[C@H]([C@@H](O)CO)[C@@H](O)[C@H](O)[C@@H]2O)[C@H]2O[C@](O)(C(=O)O)C[C@@H](O)[C@H]2O)C[C@@H](O)[C@@H](O)[C@@H]([C@H](O)CO)O1. The highest BCUT2D eigenvalue weighted by Crippen LogP contribution is 2.36. The Morgan fingerprint density at radius 2 is 1.27 bits per heavy atom. The normalized spacial score (nSPS) is 45.3. The van der Waals surface area contributed by atoms with Gasteiger partial charge in [0.1, 0.15) is 67.1 Å². The molecule has 0 aliphatic carbocycles. The van der Waals surface area contributed by atoms with E-state index in [9.17, 15) is 81.1 Å². The third-order valence-corrected chi connectivity index (χ3v) is 7.64. The largest absolute Gasteiger partial charge is 0.477 e. The van der Waals surface area contributed by atoms with Crippen molar-refractivity contribution in [1.82, 2.24) is 0 Å². The van der Waals surface area contributed by atoms with E-state index in [0.29, 0.717) is 0 Å². The molecule has 21 heteroatoms. The van der Waals surface area contributed by atoms with E-state index in [2.05, 4.69) is 0 Å². The predicted molar refractivity (Wildman–Crippen MR) is 130 cm³/mol. The van der Waals surface area contributed by atoms with Crippen molar-refractivity contribution in [3.8, 4) is 0 Å². The molecule has 3 fully saturated rings. The first-order valence-corrected chi connectivity index (χ1v) is 13.3. The van der Waals surface area contributed by atoms with Gasteiger partial charge in [0, 0.05) is 12.8 Å². The average molecular weight is 651 g/mol. The fraction of sp³-hybridized carbons (Fsp3) is 0.913. The van der Waals surface area contributed by atoms with Gasteiger partial charge in [0.2, 0.25) is 0 Å². The van der Waals surface area contributed by atoms with Gasteiger partial charge >= 0.3 is 11.9 Å². The molecule has 3 heterocycles. The molecule has 0 aromatic rings. The minimum atomic E-state index is -3.18. The van der Waals surface area contributed by atoms with Gasteiger partial charge in [-0.1, -0.05) is 0 Å². The van der Waals surface area contributed by atoms with E-state index in [0.717, 1.165) is 0 Å². The molecule has 44 heavy (non-hydrogen) atoms. The average Bonchev–Trinajstić information content (AvgIpc) is 2.97. The van der Waals surface area contributed by atoms with E-state index in [1.807, 2.05) is 0 Å². The minimum Gasteiger partial charge on any atom is -0.477 e. The second kappa shape index (κ2) is 14.4. The van der Waals surface area contributed by atoms with Crippen LogP contribution in [0, 0.1) is 0 Å². The number of carboxylic acid groups (broad SMARTS) is 2. The van der Waals surface area contributed by atoms with E-state index in [-0.39, 0.29) is 0 Å². The summed E-state index contributed by atoms with van der Waals surface area (Å²) < 4.78 is 26.5. The van der Waals surface area contributed by atoms with Gasteiger partial charge in [-0.2, -0.15) is 0 Å². The lowest BCUT2D eigenvalue weighted by atomic mass is 9.91. The zero-order valence-corrected chi connectivity index (χ0v) is 22.7. The Kier molecular flexibility index (Phi) is 12.0. The van der Waals surface area contributed by atoms with Crippen molar-refractivity contribution < 1.29 is 105 Å². The van der Waals surface area contributed by atoms with Crippen molar-refractivity contribution in [2.24, 2.45) is 0 Å². The molecule has 0 unspecified atom stereocenters. The number of aliphatic hydroxyl groups excluding tert-OH is 11. The number of rotatable bonds is 12. The van der Waals surface area contributed by atoms with E-state index in [4.69, 9.17) is 23.7 Å². The third kappa shape index (κ3) is 7.29. The van der Waals surface area contributed by atoms with Crippen molar-refractivity contribution in [3.63, 3.8) is 0 Å². The number of aliphatic hydroxyl groups is 12. The summed E-state index contributed by atoms with van der Waals surface area (Å²) in [5.74, 6) is -10.1. The fourth-order valence-electron chi connectivity index (χ4n) is 5.06. The van der Waals surface area contributed by atoms with Crippen LogP contribution in [0.3, 0.4) is 0 Å². The van der Waals surface area contributed by atoms with Gasteiger partial charge in [-0.15, -0.1) is 0 Å². The summed E-state index contributed by atoms with van der Waals surface area (Å²) in [5, 5.41) is 141. The highest BCUT2D eigenvalue weighted by molar-refractivity contribution is 5.76. The quantitative estimate of drug-likeness (QED) is 0.0932. The molecule has 3 aliphatic rings. The first kappa shape index (κ1) is 36.7. The van der Waals surface area contributed by atoms with Crippen LogP contribution >= 0.6 is 0 Å². The van der Waals surface area contributed by atoms with Gasteiger partial charge in [0.15, 0.2) is 6.29 Å². The second-order valence-corrected chi connectivity index (χ2v) is 10.8. The summed E-state index contributed by atoms with van der Waals surface area (Å²) in [6.07, 6.45) is -30.4. The Bertz CT molecular complexity index is 986. The van der Waals surface area contributed by atoms with Crippen LogP contribution in [-0.2, 0) is 33.3 Å². The summed E-state index contributed by atoms with van der Waals surface area (Å²) in [6.45, 7) is -3.30. The van der Waals surface area contributed by atoms with Crippen LogP contribution in [0.4, 0.5) is 0 Å². The standard InChI is InChI=1S/C23H38O21/c24-3-8(28)16-14(33)13(32)15(34)19(42-16)41-10(18-12(31)6(26)1-22(39,43-18)20(35)36)5-40-23(21(37)38)2-7(27)11(30)17(44-23)9(29)4-25/h6-19,24-34,39H,1-5H2,(H,35,36)(H,37,38)/t6-,7-,8+,9-,10-,11-,12-,13+,14+,15+,16-,17-,18-,19+,22+,23+/m1/s1. The van der Waals surface area contributed by atoms with E-state index < -0.39 is 142 Å². The Hall–Kier alpha value is -1.74. The van der Waals surface area contributed by atoms with Gasteiger partial charge < -0.3 is 95.2 Å². The van der Waals surface area contributed by atoms with Gasteiger partial charge in [0.05, 0.1) is 32.0 Å². The third-order valence-electron chi connectivity index (χ3n) is 7.64. The van der Waals surface area contributed by atoms with Gasteiger partial charge in [-0.25, -0.2) is 9.59 Å². The lowest BCUT2D eigenvalue weighted by molar-refractivity contribution is -0.367. The predicted octanol–water partition coefficient (Wildman–Crippen LogP) is -8.52. The Labute approximate surface area is 247 Å². The van der Waals surface area contributed by atoms with Crippen molar-refractivity contribution in [3.05, 3.63) is 0 Å². The number of ether oxygens (including phenoxy) is 5. The maximum Gasteiger partial charge on any atom is 0.364 e. The molecule has 14 N–H and O–H groups in total. The van der Waals surface area contributed by atoms with E-state index in [1.165, 1.54) is 0 Å². The van der Waals surface area contributed by atoms with E-state index in [1.54, 1.807) is 0 Å². The molecule has 0 spiro atoms. The summed E-state index contributed by atoms with van der Waals surface area (Å²) >= 11 is 0. The second-order valence-electron chi connectivity index (χ2n) is 10.8. The number of carbonyl (C=O) groups is 2. The fourth-order valence-corrected chi connectivity index (χ4v) is 5.06. The molecule has 3 aliphatic heterocycles.